The predicted molar refractivity (Wildman–Crippen MR) is 143 cm³/mol. The molecule has 2 aromatic heterocycles. The first-order valence-corrected chi connectivity index (χ1v) is 13.0. The first kappa shape index (κ1) is 26.9. The summed E-state index contributed by atoms with van der Waals surface area (Å²) >= 11 is 1.44. The molecule has 11 heteroatoms. The highest BCUT2D eigenvalue weighted by molar-refractivity contribution is 7.13. The Kier molecular flexibility index (Phi) is 8.16. The zero-order valence-electron chi connectivity index (χ0n) is 21.6. The molecule has 4 rings (SSSR count). The highest BCUT2D eigenvalue weighted by atomic mass is 32.1. The molecule has 2 heterocycles. The van der Waals surface area contributed by atoms with Crippen molar-refractivity contribution >= 4 is 28.8 Å². The van der Waals surface area contributed by atoms with E-state index in [1.807, 2.05) is 45.2 Å². The predicted octanol–water partition coefficient (Wildman–Crippen LogP) is 4.63. The Labute approximate surface area is 224 Å². The first-order valence-electron chi connectivity index (χ1n) is 12.1. The molecule has 2 amide bonds. The highest BCUT2D eigenvalue weighted by Gasteiger charge is 2.36. The van der Waals surface area contributed by atoms with Crippen molar-refractivity contribution in [2.45, 2.75) is 45.8 Å². The van der Waals surface area contributed by atoms with Crippen molar-refractivity contribution in [3.05, 3.63) is 77.4 Å². The Hall–Kier alpha value is -4.12. The van der Waals surface area contributed by atoms with Gasteiger partial charge >= 0.3 is 0 Å². The number of rotatable bonds is 9. The molecule has 0 aliphatic carbocycles. The van der Waals surface area contributed by atoms with Crippen molar-refractivity contribution in [3.8, 4) is 16.5 Å². The number of thiophene rings is 1. The summed E-state index contributed by atoms with van der Waals surface area (Å²) in [7, 11) is 0. The van der Waals surface area contributed by atoms with E-state index < -0.39 is 29.2 Å². The lowest BCUT2D eigenvalue weighted by atomic mass is 10.0. The van der Waals surface area contributed by atoms with Crippen LogP contribution in [0.15, 0.2) is 66.0 Å². The van der Waals surface area contributed by atoms with Crippen LogP contribution < -0.4 is 15.0 Å². The van der Waals surface area contributed by atoms with Gasteiger partial charge in [0.25, 0.3) is 5.91 Å². The standard InChI is InChI=1S/C27H29FN6O3S/c1-5-37-19-14-12-18(13-15-19)24(26(36)29-27(2,3)4)34(21-10-7-6-9-20(21)28)23(35)17-33-31-25(30-32-33)22-11-8-16-38-22/h6-16,24H,5,17H2,1-4H3,(H,29,36)/t24-/m1/s1. The first-order chi connectivity index (χ1) is 18.2. The number of nitrogens with zero attached hydrogens (tertiary/aromatic N) is 5. The molecule has 1 atom stereocenters. The van der Waals surface area contributed by atoms with Crippen molar-refractivity contribution in [2.75, 3.05) is 11.5 Å². The molecule has 0 radical (unpaired) electrons. The molecule has 0 unspecified atom stereocenters. The summed E-state index contributed by atoms with van der Waals surface area (Å²) in [6.45, 7) is 7.49. The third-order valence-corrected chi connectivity index (χ3v) is 6.23. The number of carbonyl (C=O) groups excluding carboxylic acids is 2. The van der Waals surface area contributed by atoms with Crippen molar-refractivity contribution in [1.82, 2.24) is 25.5 Å². The van der Waals surface area contributed by atoms with Crippen molar-refractivity contribution in [3.63, 3.8) is 0 Å². The van der Waals surface area contributed by atoms with Gasteiger partial charge in [0.1, 0.15) is 24.2 Å². The second-order valence-corrected chi connectivity index (χ2v) is 10.4. The van der Waals surface area contributed by atoms with Gasteiger partial charge in [-0.2, -0.15) is 4.80 Å². The number of para-hydroxylation sites is 1. The second kappa shape index (κ2) is 11.5. The zero-order chi connectivity index (χ0) is 27.3. The topological polar surface area (TPSA) is 102 Å². The Bertz CT molecular complexity index is 1380. The van der Waals surface area contributed by atoms with Gasteiger partial charge in [0.15, 0.2) is 0 Å². The van der Waals surface area contributed by atoms with Gasteiger partial charge in [-0.3, -0.25) is 14.5 Å². The Morgan fingerprint density at radius 1 is 1.11 bits per heavy atom. The molecule has 0 saturated heterocycles. The lowest BCUT2D eigenvalue weighted by molar-refractivity contribution is -0.128. The molecule has 0 aliphatic heterocycles. The van der Waals surface area contributed by atoms with E-state index in [-0.39, 0.29) is 12.2 Å². The number of hydrogen-bond donors (Lipinski definition) is 1. The number of anilines is 1. The molecular formula is C27H29FN6O3S. The van der Waals surface area contributed by atoms with Gasteiger partial charge in [-0.25, -0.2) is 4.39 Å². The number of carbonyl (C=O) groups is 2. The van der Waals surface area contributed by atoms with E-state index in [1.54, 1.807) is 30.3 Å². The Morgan fingerprint density at radius 3 is 2.47 bits per heavy atom. The molecule has 0 spiro atoms. The summed E-state index contributed by atoms with van der Waals surface area (Å²) < 4.78 is 20.7. The number of aromatic nitrogens is 4. The third-order valence-electron chi connectivity index (χ3n) is 5.36. The zero-order valence-corrected chi connectivity index (χ0v) is 22.4. The maximum Gasteiger partial charge on any atom is 0.251 e. The normalized spacial score (nSPS) is 12.1. The summed E-state index contributed by atoms with van der Waals surface area (Å²) in [6.07, 6.45) is 0. The molecule has 9 nitrogen and oxygen atoms in total. The van der Waals surface area contributed by atoms with Crippen LogP contribution in [-0.2, 0) is 16.1 Å². The molecule has 0 saturated carbocycles. The number of hydrogen-bond acceptors (Lipinski definition) is 7. The van der Waals surface area contributed by atoms with E-state index >= 15 is 4.39 Å². The van der Waals surface area contributed by atoms with Crippen molar-refractivity contribution in [2.24, 2.45) is 0 Å². The molecule has 4 aromatic rings. The molecular weight excluding hydrogens is 507 g/mol. The van der Waals surface area contributed by atoms with E-state index in [4.69, 9.17) is 4.74 Å². The maximum absolute atomic E-state index is 15.2. The summed E-state index contributed by atoms with van der Waals surface area (Å²) in [5, 5.41) is 17.2. The summed E-state index contributed by atoms with van der Waals surface area (Å²) in [5.74, 6) is -0.717. The molecule has 0 aliphatic rings. The minimum Gasteiger partial charge on any atom is -0.494 e. The van der Waals surface area contributed by atoms with Crippen LogP contribution in [0.3, 0.4) is 0 Å². The maximum atomic E-state index is 15.2. The van der Waals surface area contributed by atoms with Gasteiger partial charge in [0.05, 0.1) is 17.2 Å². The minimum absolute atomic E-state index is 0.0426. The van der Waals surface area contributed by atoms with Crippen molar-refractivity contribution < 1.29 is 18.7 Å². The van der Waals surface area contributed by atoms with E-state index in [0.29, 0.717) is 23.7 Å². The molecule has 0 fully saturated rings. The third kappa shape index (κ3) is 6.41. The van der Waals surface area contributed by atoms with Crippen LogP contribution in [-0.4, -0.2) is 44.2 Å². The monoisotopic (exact) mass is 536 g/mol. The van der Waals surface area contributed by atoms with E-state index in [9.17, 15) is 9.59 Å². The molecule has 38 heavy (non-hydrogen) atoms. The number of tetrazole rings is 1. The average molecular weight is 537 g/mol. The lowest BCUT2D eigenvalue weighted by Gasteiger charge is -2.33. The van der Waals surface area contributed by atoms with Crippen LogP contribution in [0, 0.1) is 5.82 Å². The van der Waals surface area contributed by atoms with Crippen molar-refractivity contribution in [1.29, 1.82) is 0 Å². The highest BCUT2D eigenvalue weighted by Crippen LogP contribution is 2.32. The Morgan fingerprint density at radius 2 is 1.84 bits per heavy atom. The molecule has 0 bridgehead atoms. The fourth-order valence-electron chi connectivity index (χ4n) is 3.85. The van der Waals surface area contributed by atoms with Crippen LogP contribution in [0.25, 0.3) is 10.7 Å². The quantitative estimate of drug-likeness (QED) is 0.335. The van der Waals surface area contributed by atoms with E-state index in [0.717, 1.165) is 14.6 Å². The van der Waals surface area contributed by atoms with Gasteiger partial charge in [0.2, 0.25) is 11.7 Å². The number of amides is 2. The number of halogens is 1. The summed E-state index contributed by atoms with van der Waals surface area (Å²) in [6, 6.07) is 15.2. The smallest absolute Gasteiger partial charge is 0.251 e. The molecule has 198 valence electrons. The fraction of sp³-hybridized carbons (Fsp3) is 0.296. The molecule has 2 aromatic carbocycles. The molecule has 1 N–H and O–H groups in total. The van der Waals surface area contributed by atoms with Gasteiger partial charge in [-0.05, 0) is 74.2 Å². The number of ether oxygens (including phenoxy) is 1. The number of benzene rings is 2. The summed E-state index contributed by atoms with van der Waals surface area (Å²) in [5.41, 5.74) is -0.162. The van der Waals surface area contributed by atoms with Crippen LogP contribution in [0.1, 0.15) is 39.3 Å². The largest absolute Gasteiger partial charge is 0.494 e. The van der Waals surface area contributed by atoms with Crippen LogP contribution in [0.4, 0.5) is 10.1 Å². The fourth-order valence-corrected chi connectivity index (χ4v) is 4.49. The van der Waals surface area contributed by atoms with E-state index in [2.05, 4.69) is 20.7 Å². The van der Waals surface area contributed by atoms with Crippen LogP contribution in [0.5, 0.6) is 5.75 Å². The minimum atomic E-state index is -1.19. The van der Waals surface area contributed by atoms with Crippen LogP contribution in [0.2, 0.25) is 0 Å². The Balaban J connectivity index is 1.76. The SMILES string of the molecule is CCOc1ccc([C@H](C(=O)NC(C)(C)C)N(C(=O)Cn2nnc(-c3cccs3)n2)c2ccccc2F)cc1. The number of nitrogens with one attached hydrogen (secondary N) is 1. The van der Waals surface area contributed by atoms with Crippen LogP contribution >= 0.6 is 11.3 Å². The van der Waals surface area contributed by atoms with Gasteiger partial charge < -0.3 is 10.1 Å². The summed E-state index contributed by atoms with van der Waals surface area (Å²) in [4.78, 5) is 30.6. The van der Waals surface area contributed by atoms with E-state index in [1.165, 1.54) is 29.5 Å². The second-order valence-electron chi connectivity index (χ2n) is 9.48. The average Bonchev–Trinajstić information content (AvgIpc) is 3.55. The lowest BCUT2D eigenvalue weighted by Crippen LogP contribution is -2.50. The van der Waals surface area contributed by atoms with Gasteiger partial charge in [0, 0.05) is 5.54 Å². The van der Waals surface area contributed by atoms with Gasteiger partial charge in [-0.15, -0.1) is 21.5 Å². The van der Waals surface area contributed by atoms with Gasteiger partial charge in [-0.1, -0.05) is 30.3 Å².